The number of carbonyl (C=O) groups is 2. The van der Waals surface area contributed by atoms with Crippen molar-refractivity contribution in [3.05, 3.63) is 63.9 Å². The van der Waals surface area contributed by atoms with Crippen LogP contribution in [0.25, 0.3) is 21.3 Å². The monoisotopic (exact) mass is 483 g/mol. The zero-order chi connectivity index (χ0) is 24.4. The molecular formula is C23H22FN5O4S. The highest BCUT2D eigenvalue weighted by molar-refractivity contribution is 7.17. The molecule has 4 aromatic rings. The summed E-state index contributed by atoms with van der Waals surface area (Å²) in [4.78, 5) is 43.8. The van der Waals surface area contributed by atoms with E-state index >= 15 is 0 Å². The minimum absolute atomic E-state index is 0.116. The molecule has 1 amide bonds. The average Bonchev–Trinajstić information content (AvgIpc) is 3.41. The van der Waals surface area contributed by atoms with Crippen molar-refractivity contribution in [1.82, 2.24) is 19.3 Å². The van der Waals surface area contributed by atoms with Gasteiger partial charge in [0.25, 0.3) is 5.56 Å². The average molecular weight is 484 g/mol. The number of nitrogens with zero attached hydrogens (tertiary/aromatic N) is 4. The first-order valence-electron chi connectivity index (χ1n) is 10.6. The number of carbonyl (C=O) groups excluding carboxylic acids is 2. The number of ether oxygens (including phenoxy) is 1. The number of halogens is 1. The predicted molar refractivity (Wildman–Crippen MR) is 126 cm³/mol. The minimum atomic E-state index is -0.893. The molecule has 1 unspecified atom stereocenters. The second-order valence-corrected chi connectivity index (χ2v) is 8.32. The maximum atomic E-state index is 13.5. The van der Waals surface area contributed by atoms with Crippen molar-refractivity contribution in [3.8, 4) is 11.1 Å². The van der Waals surface area contributed by atoms with Crippen molar-refractivity contribution in [1.29, 1.82) is 0 Å². The Balaban J connectivity index is 1.72. The van der Waals surface area contributed by atoms with E-state index in [-0.39, 0.29) is 29.4 Å². The fourth-order valence-electron chi connectivity index (χ4n) is 3.66. The van der Waals surface area contributed by atoms with Crippen LogP contribution in [0.2, 0.25) is 0 Å². The molecule has 1 aromatic carbocycles. The summed E-state index contributed by atoms with van der Waals surface area (Å²) in [6.07, 6.45) is 2.95. The third-order valence-corrected chi connectivity index (χ3v) is 6.26. The van der Waals surface area contributed by atoms with Crippen molar-refractivity contribution in [3.63, 3.8) is 0 Å². The van der Waals surface area contributed by atoms with Gasteiger partial charge < -0.3 is 10.1 Å². The first kappa shape index (κ1) is 23.3. The van der Waals surface area contributed by atoms with Gasteiger partial charge >= 0.3 is 5.97 Å². The molecule has 0 bridgehead atoms. The van der Waals surface area contributed by atoms with Gasteiger partial charge in [0.15, 0.2) is 0 Å². The molecule has 9 nitrogen and oxygen atoms in total. The highest BCUT2D eigenvalue weighted by Gasteiger charge is 2.26. The van der Waals surface area contributed by atoms with E-state index in [1.807, 2.05) is 0 Å². The molecule has 1 N–H and O–H groups in total. The molecule has 0 aliphatic heterocycles. The number of thiophene rings is 1. The van der Waals surface area contributed by atoms with E-state index in [2.05, 4.69) is 15.4 Å². The summed E-state index contributed by atoms with van der Waals surface area (Å²) in [6, 6.07) is 4.94. The summed E-state index contributed by atoms with van der Waals surface area (Å²) in [7, 11) is 1.58. The Kier molecular flexibility index (Phi) is 6.55. The Morgan fingerprint density at radius 1 is 1.24 bits per heavy atom. The summed E-state index contributed by atoms with van der Waals surface area (Å²) in [5.74, 6) is -1.31. The highest BCUT2D eigenvalue weighted by Crippen LogP contribution is 2.31. The molecule has 0 saturated heterocycles. The van der Waals surface area contributed by atoms with Crippen molar-refractivity contribution >= 4 is 39.2 Å². The van der Waals surface area contributed by atoms with Crippen LogP contribution in [0.3, 0.4) is 0 Å². The molecule has 0 aliphatic carbocycles. The normalized spacial score (nSPS) is 12.0. The van der Waals surface area contributed by atoms with Gasteiger partial charge in [-0.05, 0) is 31.0 Å². The lowest BCUT2D eigenvalue weighted by atomic mass is 10.1. The van der Waals surface area contributed by atoms with Gasteiger partial charge in [-0.2, -0.15) is 5.10 Å². The molecular weight excluding hydrogens is 461 g/mol. The lowest BCUT2D eigenvalue weighted by molar-refractivity contribution is -0.119. The van der Waals surface area contributed by atoms with E-state index in [0.717, 1.165) is 0 Å². The fraction of sp³-hybridized carbons (Fsp3) is 0.261. The molecule has 1 atom stereocenters. The first-order valence-corrected chi connectivity index (χ1v) is 11.5. The molecule has 176 valence electrons. The molecule has 0 aliphatic rings. The van der Waals surface area contributed by atoms with Crippen LogP contribution < -0.4 is 10.9 Å². The number of amides is 1. The Labute approximate surface area is 197 Å². The number of aryl methyl sites for hydroxylation is 1. The predicted octanol–water partition coefficient (Wildman–Crippen LogP) is 3.76. The molecule has 0 radical (unpaired) electrons. The first-order chi connectivity index (χ1) is 16.3. The van der Waals surface area contributed by atoms with Crippen LogP contribution in [0.5, 0.6) is 0 Å². The Morgan fingerprint density at radius 2 is 1.97 bits per heavy atom. The van der Waals surface area contributed by atoms with Crippen LogP contribution in [-0.4, -0.2) is 37.8 Å². The number of fused-ring (bicyclic) bond motifs is 1. The quantitative estimate of drug-likeness (QED) is 0.401. The zero-order valence-corrected chi connectivity index (χ0v) is 19.6. The molecule has 3 aromatic heterocycles. The van der Waals surface area contributed by atoms with Crippen LogP contribution in [-0.2, 0) is 16.6 Å². The van der Waals surface area contributed by atoms with Crippen molar-refractivity contribution < 1.29 is 18.7 Å². The Morgan fingerprint density at radius 3 is 2.65 bits per heavy atom. The SMILES string of the molecule is CCOC(=O)c1cnn(C)c1NC(=O)C(CC)n1cnc2scc(-c3ccc(F)cc3)c2c1=O. The van der Waals surface area contributed by atoms with Gasteiger partial charge in [0.2, 0.25) is 5.91 Å². The van der Waals surface area contributed by atoms with E-state index < -0.39 is 17.9 Å². The zero-order valence-electron chi connectivity index (χ0n) is 18.7. The van der Waals surface area contributed by atoms with E-state index in [0.29, 0.717) is 27.8 Å². The second-order valence-electron chi connectivity index (χ2n) is 7.46. The largest absolute Gasteiger partial charge is 0.462 e. The van der Waals surface area contributed by atoms with Crippen molar-refractivity contribution in [2.75, 3.05) is 11.9 Å². The lowest BCUT2D eigenvalue weighted by Gasteiger charge is -2.18. The number of rotatable bonds is 7. The van der Waals surface area contributed by atoms with E-state index in [1.165, 1.54) is 45.2 Å². The van der Waals surface area contributed by atoms with Gasteiger partial charge in [-0.1, -0.05) is 19.1 Å². The highest BCUT2D eigenvalue weighted by atomic mass is 32.1. The topological polar surface area (TPSA) is 108 Å². The van der Waals surface area contributed by atoms with Gasteiger partial charge in [-0.25, -0.2) is 14.2 Å². The summed E-state index contributed by atoms with van der Waals surface area (Å²) in [6.45, 7) is 3.63. The number of hydrogen-bond acceptors (Lipinski definition) is 7. The molecule has 3 heterocycles. The third kappa shape index (κ3) is 4.21. The number of esters is 1. The van der Waals surface area contributed by atoms with E-state index in [9.17, 15) is 18.8 Å². The molecule has 0 saturated carbocycles. The molecule has 0 fully saturated rings. The van der Waals surface area contributed by atoms with E-state index in [1.54, 1.807) is 38.4 Å². The molecule has 34 heavy (non-hydrogen) atoms. The second kappa shape index (κ2) is 9.56. The molecule has 11 heteroatoms. The Hall–Kier alpha value is -3.86. The van der Waals surface area contributed by atoms with Crippen LogP contribution in [0.4, 0.5) is 10.2 Å². The molecule has 0 spiro atoms. The van der Waals surface area contributed by atoms with Crippen LogP contribution in [0, 0.1) is 5.82 Å². The summed E-state index contributed by atoms with van der Waals surface area (Å²) in [5.41, 5.74) is 1.03. The number of nitrogens with one attached hydrogen (secondary N) is 1. The van der Waals surface area contributed by atoms with Gasteiger partial charge in [-0.3, -0.25) is 18.8 Å². The summed E-state index contributed by atoms with van der Waals surface area (Å²) in [5, 5.41) is 8.88. The van der Waals surface area contributed by atoms with Crippen LogP contribution >= 0.6 is 11.3 Å². The standard InChI is InChI=1S/C23H22FN5O4S/c1-4-17(20(30)27-19-15(10-26-28(19)3)23(32)33-5-2)29-12-25-21-18(22(29)31)16(11-34-21)13-6-8-14(24)9-7-13/h6-12,17H,4-5H2,1-3H3,(H,27,30). The summed E-state index contributed by atoms with van der Waals surface area (Å²) < 4.78 is 21.0. The van der Waals surface area contributed by atoms with Gasteiger partial charge in [0.1, 0.15) is 28.1 Å². The smallest absolute Gasteiger partial charge is 0.343 e. The third-order valence-electron chi connectivity index (χ3n) is 5.38. The fourth-order valence-corrected chi connectivity index (χ4v) is 4.57. The van der Waals surface area contributed by atoms with Crippen LogP contribution in [0.1, 0.15) is 36.7 Å². The van der Waals surface area contributed by atoms with Gasteiger partial charge in [0.05, 0.1) is 24.5 Å². The number of benzene rings is 1. The molecule has 4 rings (SSSR count). The Bertz CT molecular complexity index is 1420. The van der Waals surface area contributed by atoms with Crippen LogP contribution in [0.15, 0.2) is 47.0 Å². The number of anilines is 1. The number of hydrogen-bond donors (Lipinski definition) is 1. The maximum Gasteiger partial charge on any atom is 0.343 e. The van der Waals surface area contributed by atoms with Gasteiger partial charge in [0, 0.05) is 18.0 Å². The van der Waals surface area contributed by atoms with Gasteiger partial charge in [-0.15, -0.1) is 11.3 Å². The number of aromatic nitrogens is 4. The van der Waals surface area contributed by atoms with E-state index in [4.69, 9.17) is 4.74 Å². The van der Waals surface area contributed by atoms with Crippen molar-refractivity contribution in [2.24, 2.45) is 7.05 Å². The lowest BCUT2D eigenvalue weighted by Crippen LogP contribution is -2.34. The maximum absolute atomic E-state index is 13.5. The minimum Gasteiger partial charge on any atom is -0.462 e. The summed E-state index contributed by atoms with van der Waals surface area (Å²) >= 11 is 1.30. The van der Waals surface area contributed by atoms with Crippen molar-refractivity contribution in [2.45, 2.75) is 26.3 Å².